The molecule has 0 aliphatic heterocycles. The van der Waals surface area contributed by atoms with Crippen LogP contribution in [0.25, 0.3) is 0 Å². The second-order valence-corrected chi connectivity index (χ2v) is 7.21. The van der Waals surface area contributed by atoms with Gasteiger partial charge in [0.15, 0.2) is 6.10 Å². The lowest BCUT2D eigenvalue weighted by atomic mass is 9.87. The van der Waals surface area contributed by atoms with E-state index in [0.29, 0.717) is 0 Å². The molecule has 2 atom stereocenters. The van der Waals surface area contributed by atoms with E-state index >= 15 is 0 Å². The maximum absolute atomic E-state index is 11.9. The van der Waals surface area contributed by atoms with Crippen LogP contribution in [0.5, 0.6) is 5.75 Å². The van der Waals surface area contributed by atoms with Gasteiger partial charge in [0, 0.05) is 24.9 Å². The van der Waals surface area contributed by atoms with Crippen LogP contribution in [0.3, 0.4) is 0 Å². The van der Waals surface area contributed by atoms with Crippen LogP contribution in [0.15, 0.2) is 36.9 Å². The predicted octanol–water partition coefficient (Wildman–Crippen LogP) is 3.85. The summed E-state index contributed by atoms with van der Waals surface area (Å²) in [5.41, 5.74) is 1.99. The first-order chi connectivity index (χ1) is 11.7. The molecule has 136 valence electrons. The third-order valence-electron chi connectivity index (χ3n) is 4.10. The molecule has 2 rings (SSSR count). The van der Waals surface area contributed by atoms with E-state index in [0.717, 1.165) is 11.3 Å². The lowest BCUT2D eigenvalue weighted by Gasteiger charge is -2.36. The van der Waals surface area contributed by atoms with Crippen molar-refractivity contribution in [1.82, 2.24) is 14.9 Å². The highest BCUT2D eigenvalue weighted by Gasteiger charge is 2.38. The van der Waals surface area contributed by atoms with E-state index in [2.05, 4.69) is 17.2 Å². The molecule has 1 amide bonds. The van der Waals surface area contributed by atoms with Crippen molar-refractivity contribution in [1.29, 1.82) is 0 Å². The first-order valence-corrected chi connectivity index (χ1v) is 8.32. The van der Waals surface area contributed by atoms with E-state index in [9.17, 15) is 4.79 Å². The summed E-state index contributed by atoms with van der Waals surface area (Å²) < 4.78 is 13.7. The van der Waals surface area contributed by atoms with Gasteiger partial charge in [0.05, 0.1) is 6.33 Å². The van der Waals surface area contributed by atoms with Gasteiger partial charge in [-0.05, 0) is 37.1 Å². The summed E-state index contributed by atoms with van der Waals surface area (Å²) in [5.74, 6) is 0.719. The summed E-state index contributed by atoms with van der Waals surface area (Å²) in [6.45, 7) is 10.1. The van der Waals surface area contributed by atoms with Crippen LogP contribution in [0.1, 0.15) is 38.1 Å². The highest BCUT2D eigenvalue weighted by atomic mass is 16.6. The van der Waals surface area contributed by atoms with Gasteiger partial charge in [0.1, 0.15) is 5.75 Å². The molecular formula is C19H27N3O3. The summed E-state index contributed by atoms with van der Waals surface area (Å²) in [6, 6.07) is 5.92. The number of nitrogens with one attached hydrogen (secondary N) is 1. The van der Waals surface area contributed by atoms with Crippen LogP contribution < -0.4 is 10.1 Å². The number of alkyl carbamates (subject to hydrolysis) is 1. The molecule has 6 heteroatoms. The van der Waals surface area contributed by atoms with Gasteiger partial charge in [-0.25, -0.2) is 9.78 Å². The van der Waals surface area contributed by atoms with Crippen LogP contribution >= 0.6 is 0 Å². The Morgan fingerprint density at radius 2 is 1.96 bits per heavy atom. The van der Waals surface area contributed by atoms with Crippen molar-refractivity contribution in [2.45, 2.75) is 47.0 Å². The summed E-state index contributed by atoms with van der Waals surface area (Å²) >= 11 is 0. The molecule has 0 saturated heterocycles. The SMILES string of the molecule is CNC(=O)OC(C(Oc1ccc(C)c(C)c1)n1ccnc1)C(C)(C)C. The quantitative estimate of drug-likeness (QED) is 0.894. The second kappa shape index (κ2) is 7.59. The maximum Gasteiger partial charge on any atom is 0.407 e. The molecule has 0 saturated carbocycles. The van der Waals surface area contributed by atoms with Crippen LogP contribution in [0.4, 0.5) is 4.79 Å². The van der Waals surface area contributed by atoms with Crippen LogP contribution in [-0.4, -0.2) is 28.8 Å². The first-order valence-electron chi connectivity index (χ1n) is 8.32. The molecule has 1 N–H and O–H groups in total. The number of benzene rings is 1. The molecular weight excluding hydrogens is 318 g/mol. The van der Waals surface area contributed by atoms with Gasteiger partial charge in [0.25, 0.3) is 0 Å². The number of aryl methyl sites for hydroxylation is 2. The molecule has 6 nitrogen and oxygen atoms in total. The Kier molecular flexibility index (Phi) is 5.72. The van der Waals surface area contributed by atoms with E-state index in [-0.39, 0.29) is 5.41 Å². The molecule has 25 heavy (non-hydrogen) atoms. The van der Waals surface area contributed by atoms with Gasteiger partial charge in [-0.1, -0.05) is 26.8 Å². The highest BCUT2D eigenvalue weighted by molar-refractivity contribution is 5.67. The van der Waals surface area contributed by atoms with Crippen LogP contribution in [0.2, 0.25) is 0 Å². The summed E-state index contributed by atoms with van der Waals surface area (Å²) in [7, 11) is 1.54. The van der Waals surface area contributed by atoms with E-state index in [1.165, 1.54) is 5.56 Å². The molecule has 1 heterocycles. The number of rotatable bonds is 5. The van der Waals surface area contributed by atoms with Crippen molar-refractivity contribution >= 4 is 6.09 Å². The van der Waals surface area contributed by atoms with Crippen molar-refractivity contribution in [2.24, 2.45) is 5.41 Å². The van der Waals surface area contributed by atoms with E-state index < -0.39 is 18.4 Å². The Morgan fingerprint density at radius 3 is 2.48 bits per heavy atom. The van der Waals surface area contributed by atoms with Gasteiger partial charge in [-0.2, -0.15) is 0 Å². The standard InChI is InChI=1S/C19H27N3O3/c1-13-7-8-15(11-14(13)2)24-17(22-10-9-21-12-22)16(19(3,4)5)25-18(23)20-6/h7-12,16-17H,1-6H3,(H,20,23). The molecule has 0 bridgehead atoms. The maximum atomic E-state index is 11.9. The van der Waals surface area contributed by atoms with Gasteiger partial charge < -0.3 is 14.8 Å². The fourth-order valence-corrected chi connectivity index (χ4v) is 2.46. The van der Waals surface area contributed by atoms with Crippen molar-refractivity contribution < 1.29 is 14.3 Å². The smallest absolute Gasteiger partial charge is 0.407 e. The Labute approximate surface area is 149 Å². The molecule has 2 aromatic rings. The van der Waals surface area contributed by atoms with E-state index in [1.807, 2.05) is 50.5 Å². The molecule has 0 aliphatic rings. The monoisotopic (exact) mass is 345 g/mol. The summed E-state index contributed by atoms with van der Waals surface area (Å²) in [4.78, 5) is 16.0. The molecule has 0 spiro atoms. The zero-order chi connectivity index (χ0) is 18.6. The lowest BCUT2D eigenvalue weighted by Crippen LogP contribution is -2.43. The third kappa shape index (κ3) is 4.75. The minimum atomic E-state index is -0.540. The van der Waals surface area contributed by atoms with Crippen LogP contribution in [-0.2, 0) is 4.74 Å². The highest BCUT2D eigenvalue weighted by Crippen LogP contribution is 2.33. The Hall–Kier alpha value is -2.50. The molecule has 0 fully saturated rings. The Balaban J connectivity index is 2.39. The largest absolute Gasteiger partial charge is 0.466 e. The van der Waals surface area contributed by atoms with E-state index in [4.69, 9.17) is 9.47 Å². The Bertz CT molecular complexity index is 705. The van der Waals surface area contributed by atoms with Gasteiger partial charge in [0.2, 0.25) is 6.23 Å². The number of aromatic nitrogens is 2. The number of amides is 1. The number of hydrogen-bond acceptors (Lipinski definition) is 4. The van der Waals surface area contributed by atoms with Crippen molar-refractivity contribution in [3.8, 4) is 5.75 Å². The molecule has 2 unspecified atom stereocenters. The fraction of sp³-hybridized carbons (Fsp3) is 0.474. The van der Waals surface area contributed by atoms with Crippen molar-refractivity contribution in [2.75, 3.05) is 7.05 Å². The molecule has 1 aromatic heterocycles. The Morgan fingerprint density at radius 1 is 1.24 bits per heavy atom. The lowest BCUT2D eigenvalue weighted by molar-refractivity contribution is -0.0739. The van der Waals surface area contributed by atoms with Gasteiger partial charge in [-0.3, -0.25) is 4.57 Å². The minimum Gasteiger partial charge on any atom is -0.466 e. The number of hydrogen-bond donors (Lipinski definition) is 1. The van der Waals surface area contributed by atoms with Crippen molar-refractivity contribution in [3.05, 3.63) is 48.0 Å². The fourth-order valence-electron chi connectivity index (χ4n) is 2.46. The number of carbonyl (C=O) groups is 1. The zero-order valence-corrected chi connectivity index (χ0v) is 15.7. The average molecular weight is 345 g/mol. The van der Waals surface area contributed by atoms with Crippen LogP contribution in [0, 0.1) is 19.3 Å². The van der Waals surface area contributed by atoms with Crippen molar-refractivity contribution in [3.63, 3.8) is 0 Å². The summed E-state index contributed by atoms with van der Waals surface area (Å²) in [5, 5.41) is 2.51. The normalized spacial score (nSPS) is 13.8. The third-order valence-corrected chi connectivity index (χ3v) is 4.10. The molecule has 0 radical (unpaired) electrons. The first kappa shape index (κ1) is 18.8. The number of carbonyl (C=O) groups excluding carboxylic acids is 1. The number of ether oxygens (including phenoxy) is 2. The zero-order valence-electron chi connectivity index (χ0n) is 15.7. The van der Waals surface area contributed by atoms with Gasteiger partial charge >= 0.3 is 6.09 Å². The molecule has 0 aliphatic carbocycles. The predicted molar refractivity (Wildman–Crippen MR) is 96.6 cm³/mol. The van der Waals surface area contributed by atoms with Gasteiger partial charge in [-0.15, -0.1) is 0 Å². The van der Waals surface area contributed by atoms with E-state index in [1.54, 1.807) is 25.8 Å². The topological polar surface area (TPSA) is 65.4 Å². The average Bonchev–Trinajstić information content (AvgIpc) is 3.07. The minimum absolute atomic E-state index is 0.346. The number of nitrogens with zero attached hydrogens (tertiary/aromatic N) is 2. The second-order valence-electron chi connectivity index (χ2n) is 7.21. The number of imidazole rings is 1. The summed E-state index contributed by atoms with van der Waals surface area (Å²) in [6.07, 6.45) is 3.59. The molecule has 1 aromatic carbocycles.